The first-order valence-corrected chi connectivity index (χ1v) is 7.14. The minimum atomic E-state index is -0.550. The van der Waals surface area contributed by atoms with Crippen molar-refractivity contribution >= 4 is 27.3 Å². The lowest BCUT2D eigenvalue weighted by Crippen LogP contribution is -2.39. The molecule has 1 heterocycles. The lowest BCUT2D eigenvalue weighted by atomic mass is 9.89. The van der Waals surface area contributed by atoms with Gasteiger partial charge < -0.3 is 10.4 Å². The molecule has 1 unspecified atom stereocenters. The normalized spacial score (nSPS) is 13.5. The molecule has 0 fully saturated rings. The maximum Gasteiger partial charge on any atom is 0.261 e. The van der Waals surface area contributed by atoms with Gasteiger partial charge in [0, 0.05) is 11.2 Å². The average molecular weight is 277 g/mol. The molecule has 0 radical (unpaired) electrons. The molecule has 1 amide bonds. The molecule has 1 aromatic heterocycles. The first-order valence-electron chi connectivity index (χ1n) is 6.33. The predicted octanol–water partition coefficient (Wildman–Crippen LogP) is 3.04. The topological polar surface area (TPSA) is 49.3 Å². The summed E-state index contributed by atoms with van der Waals surface area (Å²) in [7, 11) is 0. The van der Waals surface area contributed by atoms with Crippen molar-refractivity contribution in [3.05, 3.63) is 35.2 Å². The second-order valence-electron chi connectivity index (χ2n) is 5.74. The van der Waals surface area contributed by atoms with E-state index < -0.39 is 6.10 Å². The van der Waals surface area contributed by atoms with Gasteiger partial charge in [-0.1, -0.05) is 39.0 Å². The molecule has 0 aliphatic rings. The van der Waals surface area contributed by atoms with Gasteiger partial charge >= 0.3 is 0 Å². The van der Waals surface area contributed by atoms with Gasteiger partial charge in [-0.3, -0.25) is 4.79 Å². The fraction of sp³-hybridized carbons (Fsp3) is 0.400. The van der Waals surface area contributed by atoms with Gasteiger partial charge in [-0.05, 0) is 22.9 Å². The van der Waals surface area contributed by atoms with Crippen LogP contribution in [0.2, 0.25) is 0 Å². The summed E-state index contributed by atoms with van der Waals surface area (Å²) in [5, 5.41) is 13.8. The van der Waals surface area contributed by atoms with Gasteiger partial charge in [0.1, 0.15) is 0 Å². The minimum absolute atomic E-state index is 0.121. The van der Waals surface area contributed by atoms with Gasteiger partial charge in [0.25, 0.3) is 5.91 Å². The van der Waals surface area contributed by atoms with Crippen LogP contribution in [0.3, 0.4) is 0 Å². The van der Waals surface area contributed by atoms with E-state index in [2.05, 4.69) is 5.32 Å². The average Bonchev–Trinajstić information content (AvgIpc) is 2.78. The van der Waals surface area contributed by atoms with E-state index in [4.69, 9.17) is 0 Å². The second-order valence-corrected chi connectivity index (χ2v) is 6.82. The van der Waals surface area contributed by atoms with E-state index in [9.17, 15) is 9.90 Å². The first-order chi connectivity index (χ1) is 8.88. The summed E-state index contributed by atoms with van der Waals surface area (Å²) in [4.78, 5) is 12.7. The standard InChI is InChI=1S/C15H19NO2S/c1-15(2,3)13(17)9-16-14(18)12-8-10-6-4-5-7-11(10)19-12/h4-8,13,17H,9H2,1-3H3,(H,16,18). The van der Waals surface area contributed by atoms with Crippen LogP contribution in [0.1, 0.15) is 30.4 Å². The Kier molecular flexibility index (Phi) is 3.92. The highest BCUT2D eigenvalue weighted by atomic mass is 32.1. The second kappa shape index (κ2) is 5.31. The molecule has 0 spiro atoms. The first kappa shape index (κ1) is 14.0. The van der Waals surface area contributed by atoms with Crippen molar-refractivity contribution in [1.29, 1.82) is 0 Å². The molecule has 102 valence electrons. The van der Waals surface area contributed by atoms with Crippen molar-refractivity contribution in [2.75, 3.05) is 6.54 Å². The van der Waals surface area contributed by atoms with Gasteiger partial charge in [-0.15, -0.1) is 11.3 Å². The van der Waals surface area contributed by atoms with Gasteiger partial charge in [0.15, 0.2) is 0 Å². The lowest BCUT2D eigenvalue weighted by Gasteiger charge is -2.25. The molecule has 0 bridgehead atoms. The van der Waals surface area contributed by atoms with Gasteiger partial charge in [-0.25, -0.2) is 0 Å². The molecule has 2 rings (SSSR count). The van der Waals surface area contributed by atoms with E-state index in [0.717, 1.165) is 10.1 Å². The van der Waals surface area contributed by atoms with Crippen LogP contribution in [-0.4, -0.2) is 23.7 Å². The Labute approximate surface area is 117 Å². The summed E-state index contributed by atoms with van der Waals surface area (Å²) in [6.07, 6.45) is -0.550. The third kappa shape index (κ3) is 3.33. The number of carbonyl (C=O) groups excluding carboxylic acids is 1. The summed E-state index contributed by atoms with van der Waals surface area (Å²) in [5.74, 6) is -0.121. The summed E-state index contributed by atoms with van der Waals surface area (Å²) >= 11 is 1.47. The largest absolute Gasteiger partial charge is 0.391 e. The highest BCUT2D eigenvalue weighted by molar-refractivity contribution is 7.20. The molecular weight excluding hydrogens is 258 g/mol. The summed E-state index contributed by atoms with van der Waals surface area (Å²) in [5.41, 5.74) is -0.229. The molecule has 0 aliphatic heterocycles. The SMILES string of the molecule is CC(C)(C)C(O)CNC(=O)c1cc2ccccc2s1. The van der Waals surface area contributed by atoms with Crippen LogP contribution in [0.15, 0.2) is 30.3 Å². The Morgan fingerprint density at radius 1 is 1.37 bits per heavy atom. The number of hydrogen-bond acceptors (Lipinski definition) is 3. The molecule has 4 heteroatoms. The molecule has 1 aromatic carbocycles. The molecular formula is C15H19NO2S. The number of amides is 1. The van der Waals surface area contributed by atoms with Crippen LogP contribution >= 0.6 is 11.3 Å². The van der Waals surface area contributed by atoms with Crippen LogP contribution in [0.25, 0.3) is 10.1 Å². The van der Waals surface area contributed by atoms with Crippen LogP contribution in [-0.2, 0) is 0 Å². The third-order valence-corrected chi connectivity index (χ3v) is 4.22. The molecule has 0 aliphatic carbocycles. The smallest absolute Gasteiger partial charge is 0.261 e. The van der Waals surface area contributed by atoms with Gasteiger partial charge in [-0.2, -0.15) is 0 Å². The zero-order valence-electron chi connectivity index (χ0n) is 11.4. The lowest BCUT2D eigenvalue weighted by molar-refractivity contribution is 0.0588. The fourth-order valence-electron chi connectivity index (χ4n) is 1.68. The Morgan fingerprint density at radius 3 is 2.68 bits per heavy atom. The Hall–Kier alpha value is -1.39. The summed E-state index contributed by atoms with van der Waals surface area (Å²) in [6.45, 7) is 6.12. The van der Waals surface area contributed by atoms with Crippen molar-refractivity contribution in [2.24, 2.45) is 5.41 Å². The zero-order chi connectivity index (χ0) is 14.0. The van der Waals surface area contributed by atoms with Crippen molar-refractivity contribution in [2.45, 2.75) is 26.9 Å². The molecule has 0 saturated heterocycles. The Balaban J connectivity index is 2.04. The number of benzene rings is 1. The maximum atomic E-state index is 12.0. The predicted molar refractivity (Wildman–Crippen MR) is 79.6 cm³/mol. The fourth-order valence-corrected chi connectivity index (χ4v) is 2.66. The summed E-state index contributed by atoms with van der Waals surface area (Å²) < 4.78 is 1.10. The quantitative estimate of drug-likeness (QED) is 0.906. The minimum Gasteiger partial charge on any atom is -0.391 e. The number of carbonyl (C=O) groups is 1. The highest BCUT2D eigenvalue weighted by Crippen LogP contribution is 2.25. The number of aliphatic hydroxyl groups excluding tert-OH is 1. The molecule has 2 aromatic rings. The van der Waals surface area contributed by atoms with Crippen LogP contribution in [0.4, 0.5) is 0 Å². The van der Waals surface area contributed by atoms with Gasteiger partial charge in [0.05, 0.1) is 11.0 Å². The van der Waals surface area contributed by atoms with Crippen LogP contribution < -0.4 is 5.32 Å². The molecule has 3 nitrogen and oxygen atoms in total. The van der Waals surface area contributed by atoms with Crippen molar-refractivity contribution < 1.29 is 9.90 Å². The van der Waals surface area contributed by atoms with Crippen molar-refractivity contribution in [1.82, 2.24) is 5.32 Å². The number of nitrogens with one attached hydrogen (secondary N) is 1. The number of aliphatic hydroxyl groups is 1. The third-order valence-electron chi connectivity index (χ3n) is 3.10. The summed E-state index contributed by atoms with van der Waals surface area (Å²) in [6, 6.07) is 9.80. The number of fused-ring (bicyclic) bond motifs is 1. The van der Waals surface area contributed by atoms with E-state index in [1.54, 1.807) is 0 Å². The number of thiophene rings is 1. The van der Waals surface area contributed by atoms with E-state index in [1.807, 2.05) is 51.1 Å². The van der Waals surface area contributed by atoms with Crippen LogP contribution in [0.5, 0.6) is 0 Å². The number of rotatable bonds is 3. The van der Waals surface area contributed by atoms with Crippen molar-refractivity contribution in [3.8, 4) is 0 Å². The zero-order valence-corrected chi connectivity index (χ0v) is 12.3. The van der Waals surface area contributed by atoms with Crippen LogP contribution in [0, 0.1) is 5.41 Å². The van der Waals surface area contributed by atoms with E-state index in [-0.39, 0.29) is 17.9 Å². The number of hydrogen-bond donors (Lipinski definition) is 2. The highest BCUT2D eigenvalue weighted by Gasteiger charge is 2.22. The van der Waals surface area contributed by atoms with Gasteiger partial charge in [0.2, 0.25) is 0 Å². The molecule has 1 atom stereocenters. The van der Waals surface area contributed by atoms with E-state index >= 15 is 0 Å². The van der Waals surface area contributed by atoms with Crippen molar-refractivity contribution in [3.63, 3.8) is 0 Å². The monoisotopic (exact) mass is 277 g/mol. The Bertz CT molecular complexity index is 550. The van der Waals surface area contributed by atoms with E-state index in [0.29, 0.717) is 4.88 Å². The van der Waals surface area contributed by atoms with E-state index in [1.165, 1.54) is 11.3 Å². The molecule has 19 heavy (non-hydrogen) atoms. The molecule has 0 saturated carbocycles. The maximum absolute atomic E-state index is 12.0. The Morgan fingerprint density at radius 2 is 2.05 bits per heavy atom. The molecule has 2 N–H and O–H groups in total.